The number of nitrogens with zero attached hydrogens (tertiary/aromatic N) is 2. The first kappa shape index (κ1) is 16.1. The summed E-state index contributed by atoms with van der Waals surface area (Å²) in [4.78, 5) is 0. The van der Waals surface area contributed by atoms with E-state index >= 15 is 0 Å². The van der Waals surface area contributed by atoms with Crippen LogP contribution in [-0.2, 0) is 20.0 Å². The summed E-state index contributed by atoms with van der Waals surface area (Å²) in [7, 11) is 2.03. The lowest BCUT2D eigenvalue weighted by molar-refractivity contribution is -0.688. The minimum Gasteiger partial charge on any atom is -0.208 e. The van der Waals surface area contributed by atoms with Gasteiger partial charge < -0.3 is 0 Å². The van der Waals surface area contributed by atoms with Gasteiger partial charge in [0, 0.05) is 29.8 Å². The molecule has 2 nitrogen and oxygen atoms in total. The molecule has 3 aromatic rings. The third kappa shape index (κ3) is 4.39. The second-order valence-corrected chi connectivity index (χ2v) is 6.10. The standard InChI is InChI=1S/C22H24N2/c1-3-19-4-8-22(9-5-19)18-24-16-12-21(13-17-24)7-6-20-10-14-23(2)15-11-20/h4-17H,3,18H2,1-2H3/q+2. The molecule has 120 valence electrons. The summed E-state index contributed by atoms with van der Waals surface area (Å²) in [5.74, 6) is 0. The molecule has 0 bridgehead atoms. The van der Waals surface area contributed by atoms with Gasteiger partial charge in [0.1, 0.15) is 7.05 Å². The van der Waals surface area contributed by atoms with Crippen LogP contribution in [0.15, 0.2) is 73.3 Å². The van der Waals surface area contributed by atoms with Gasteiger partial charge in [-0.05, 0) is 23.1 Å². The Balaban J connectivity index is 1.65. The average Bonchev–Trinajstić information content (AvgIpc) is 2.63. The van der Waals surface area contributed by atoms with E-state index in [4.69, 9.17) is 0 Å². The molecule has 2 heterocycles. The second kappa shape index (κ2) is 7.69. The van der Waals surface area contributed by atoms with Gasteiger partial charge in [-0.25, -0.2) is 9.13 Å². The third-order valence-electron chi connectivity index (χ3n) is 4.19. The largest absolute Gasteiger partial charge is 0.208 e. The van der Waals surface area contributed by atoms with Crippen molar-refractivity contribution in [3.05, 3.63) is 95.6 Å². The fourth-order valence-electron chi connectivity index (χ4n) is 2.59. The predicted molar refractivity (Wildman–Crippen MR) is 98.1 cm³/mol. The van der Waals surface area contributed by atoms with Crippen LogP contribution >= 0.6 is 0 Å². The van der Waals surface area contributed by atoms with Crippen molar-refractivity contribution >= 4 is 12.2 Å². The van der Waals surface area contributed by atoms with Crippen LogP contribution in [0.1, 0.15) is 29.2 Å². The fourth-order valence-corrected chi connectivity index (χ4v) is 2.59. The summed E-state index contributed by atoms with van der Waals surface area (Å²) in [6.45, 7) is 3.09. The van der Waals surface area contributed by atoms with Crippen molar-refractivity contribution in [1.29, 1.82) is 0 Å². The SMILES string of the molecule is CCc1ccc(C[n+]2ccc(C=Cc3cc[n+](C)cc3)cc2)cc1. The topological polar surface area (TPSA) is 7.76 Å². The van der Waals surface area contributed by atoms with Gasteiger partial charge in [0.15, 0.2) is 31.3 Å². The highest BCUT2D eigenvalue weighted by atomic mass is 14.9. The zero-order chi connectivity index (χ0) is 16.8. The highest BCUT2D eigenvalue weighted by Gasteiger charge is 2.02. The zero-order valence-electron chi connectivity index (χ0n) is 14.4. The summed E-state index contributed by atoms with van der Waals surface area (Å²) < 4.78 is 4.25. The predicted octanol–water partition coefficient (Wildman–Crippen LogP) is 3.58. The summed E-state index contributed by atoms with van der Waals surface area (Å²) in [5, 5.41) is 0. The summed E-state index contributed by atoms with van der Waals surface area (Å²) in [5.41, 5.74) is 5.14. The summed E-state index contributed by atoms with van der Waals surface area (Å²) >= 11 is 0. The van der Waals surface area contributed by atoms with Gasteiger partial charge in [0.2, 0.25) is 0 Å². The number of benzene rings is 1. The van der Waals surface area contributed by atoms with Crippen LogP contribution in [0.4, 0.5) is 0 Å². The lowest BCUT2D eigenvalue weighted by Crippen LogP contribution is -2.33. The lowest BCUT2D eigenvalue weighted by Gasteiger charge is -2.00. The zero-order valence-corrected chi connectivity index (χ0v) is 14.4. The number of aryl methyl sites for hydroxylation is 2. The minimum absolute atomic E-state index is 0.906. The van der Waals surface area contributed by atoms with Gasteiger partial charge in [-0.2, -0.15) is 0 Å². The highest BCUT2D eigenvalue weighted by molar-refractivity contribution is 5.68. The second-order valence-electron chi connectivity index (χ2n) is 6.10. The number of aromatic nitrogens is 2. The molecule has 24 heavy (non-hydrogen) atoms. The molecule has 0 radical (unpaired) electrons. The van der Waals surface area contributed by atoms with E-state index in [0.717, 1.165) is 13.0 Å². The Bertz CT molecular complexity index is 798. The molecule has 2 aromatic heterocycles. The average molecular weight is 316 g/mol. The van der Waals surface area contributed by atoms with Crippen LogP contribution in [-0.4, -0.2) is 0 Å². The van der Waals surface area contributed by atoms with Gasteiger partial charge in [0.25, 0.3) is 0 Å². The van der Waals surface area contributed by atoms with Gasteiger partial charge >= 0.3 is 0 Å². The first-order valence-corrected chi connectivity index (χ1v) is 8.43. The molecular weight excluding hydrogens is 292 g/mol. The number of hydrogen-bond donors (Lipinski definition) is 0. The molecule has 0 spiro atoms. The van der Waals surface area contributed by atoms with Gasteiger partial charge in [0.05, 0.1) is 0 Å². The van der Waals surface area contributed by atoms with E-state index in [1.807, 2.05) is 11.6 Å². The molecule has 2 heteroatoms. The van der Waals surface area contributed by atoms with Crippen molar-refractivity contribution in [3.8, 4) is 0 Å². The molecule has 0 aliphatic rings. The van der Waals surface area contributed by atoms with Crippen molar-refractivity contribution in [2.24, 2.45) is 7.05 Å². The van der Waals surface area contributed by atoms with E-state index in [0.29, 0.717) is 0 Å². The summed E-state index contributed by atoms with van der Waals surface area (Å²) in [6, 6.07) is 17.4. The van der Waals surface area contributed by atoms with Gasteiger partial charge in [-0.3, -0.25) is 0 Å². The molecule has 0 N–H and O–H groups in total. The maximum atomic E-state index is 2.22. The molecular formula is C22H24N2+2. The Kier molecular flexibility index (Phi) is 5.17. The van der Waals surface area contributed by atoms with Crippen LogP contribution in [0.25, 0.3) is 12.2 Å². The Hall–Kier alpha value is -2.74. The van der Waals surface area contributed by atoms with Crippen molar-refractivity contribution in [3.63, 3.8) is 0 Å². The van der Waals surface area contributed by atoms with Crippen molar-refractivity contribution < 1.29 is 9.13 Å². The van der Waals surface area contributed by atoms with E-state index < -0.39 is 0 Å². The molecule has 0 saturated carbocycles. The smallest absolute Gasteiger partial charge is 0.173 e. The van der Waals surface area contributed by atoms with Crippen molar-refractivity contribution in [1.82, 2.24) is 0 Å². The van der Waals surface area contributed by atoms with E-state index in [1.54, 1.807) is 0 Å². The first-order chi connectivity index (χ1) is 11.7. The summed E-state index contributed by atoms with van der Waals surface area (Å²) in [6.07, 6.45) is 13.8. The molecule has 0 saturated heterocycles. The fraction of sp³-hybridized carbons (Fsp3) is 0.182. The highest BCUT2D eigenvalue weighted by Crippen LogP contribution is 2.07. The van der Waals surface area contributed by atoms with Crippen LogP contribution in [0.3, 0.4) is 0 Å². The minimum atomic E-state index is 0.906. The van der Waals surface area contributed by atoms with E-state index in [2.05, 4.69) is 97.0 Å². The van der Waals surface area contributed by atoms with Crippen LogP contribution < -0.4 is 9.13 Å². The Morgan fingerprint density at radius 1 is 0.708 bits per heavy atom. The van der Waals surface area contributed by atoms with Crippen molar-refractivity contribution in [2.75, 3.05) is 0 Å². The Morgan fingerprint density at radius 2 is 1.21 bits per heavy atom. The van der Waals surface area contributed by atoms with E-state index in [-0.39, 0.29) is 0 Å². The quantitative estimate of drug-likeness (QED) is 0.636. The number of pyridine rings is 2. The first-order valence-electron chi connectivity index (χ1n) is 8.43. The van der Waals surface area contributed by atoms with Crippen molar-refractivity contribution in [2.45, 2.75) is 19.9 Å². The van der Waals surface area contributed by atoms with Gasteiger partial charge in [-0.1, -0.05) is 43.3 Å². The molecule has 0 unspecified atom stereocenters. The lowest BCUT2D eigenvalue weighted by atomic mass is 10.1. The van der Waals surface area contributed by atoms with Gasteiger partial charge in [-0.15, -0.1) is 0 Å². The van der Waals surface area contributed by atoms with Crippen LogP contribution in [0.2, 0.25) is 0 Å². The Morgan fingerprint density at radius 3 is 1.75 bits per heavy atom. The molecule has 0 amide bonds. The molecule has 0 atom stereocenters. The monoisotopic (exact) mass is 316 g/mol. The molecule has 1 aromatic carbocycles. The van der Waals surface area contributed by atoms with E-state index in [1.165, 1.54) is 22.3 Å². The number of rotatable bonds is 5. The normalized spacial score (nSPS) is 11.1. The molecule has 3 rings (SSSR count). The van der Waals surface area contributed by atoms with E-state index in [9.17, 15) is 0 Å². The Labute approximate surface area is 144 Å². The molecule has 0 aliphatic heterocycles. The molecule has 0 aliphatic carbocycles. The van der Waals surface area contributed by atoms with Crippen LogP contribution in [0, 0.1) is 0 Å². The molecule has 0 fully saturated rings. The third-order valence-corrected chi connectivity index (χ3v) is 4.19. The number of hydrogen-bond acceptors (Lipinski definition) is 0. The van der Waals surface area contributed by atoms with Crippen LogP contribution in [0.5, 0.6) is 0 Å². The maximum absolute atomic E-state index is 2.22. The maximum Gasteiger partial charge on any atom is 0.173 e.